The summed E-state index contributed by atoms with van der Waals surface area (Å²) in [5.41, 5.74) is 1.01. The molecule has 0 spiro atoms. The maximum absolute atomic E-state index is 6.20. The Morgan fingerprint density at radius 2 is 1.94 bits per heavy atom. The first-order valence-corrected chi connectivity index (χ1v) is 6.74. The SMILES string of the molecule is CCc1oc(-c2ccc(OC)cc2)c(I)c1Cl. The fourth-order valence-electron chi connectivity index (χ4n) is 1.59. The third-order valence-electron chi connectivity index (χ3n) is 2.54. The highest BCUT2D eigenvalue weighted by molar-refractivity contribution is 14.1. The molecule has 1 aromatic carbocycles. The minimum absolute atomic E-state index is 0.721. The van der Waals surface area contributed by atoms with Crippen LogP contribution >= 0.6 is 34.2 Å². The first kappa shape index (κ1) is 12.8. The van der Waals surface area contributed by atoms with Gasteiger partial charge in [-0.3, -0.25) is 0 Å². The predicted molar refractivity (Wildman–Crippen MR) is 77.8 cm³/mol. The van der Waals surface area contributed by atoms with Crippen LogP contribution in [0.5, 0.6) is 5.75 Å². The van der Waals surface area contributed by atoms with Gasteiger partial charge >= 0.3 is 0 Å². The molecule has 2 nitrogen and oxygen atoms in total. The van der Waals surface area contributed by atoms with Crippen molar-refractivity contribution < 1.29 is 9.15 Å². The summed E-state index contributed by atoms with van der Waals surface area (Å²) < 4.78 is 11.9. The highest BCUT2D eigenvalue weighted by atomic mass is 127. The molecule has 0 fully saturated rings. The van der Waals surface area contributed by atoms with E-state index in [1.807, 2.05) is 31.2 Å². The molecule has 90 valence electrons. The van der Waals surface area contributed by atoms with E-state index in [-0.39, 0.29) is 0 Å². The second-order valence-corrected chi connectivity index (χ2v) is 5.02. The number of hydrogen-bond donors (Lipinski definition) is 0. The minimum Gasteiger partial charge on any atom is -0.497 e. The number of aryl methyl sites for hydroxylation is 1. The Morgan fingerprint density at radius 1 is 1.29 bits per heavy atom. The van der Waals surface area contributed by atoms with E-state index < -0.39 is 0 Å². The van der Waals surface area contributed by atoms with E-state index in [4.69, 9.17) is 20.8 Å². The van der Waals surface area contributed by atoms with Crippen molar-refractivity contribution in [2.24, 2.45) is 0 Å². The van der Waals surface area contributed by atoms with Crippen molar-refractivity contribution in [1.29, 1.82) is 0 Å². The lowest BCUT2D eigenvalue weighted by Gasteiger charge is -2.01. The summed E-state index contributed by atoms with van der Waals surface area (Å²) in [4.78, 5) is 0. The molecular formula is C13H12ClIO2. The first-order valence-electron chi connectivity index (χ1n) is 5.28. The number of furan rings is 1. The summed E-state index contributed by atoms with van der Waals surface area (Å²) in [6, 6.07) is 7.76. The molecule has 2 aromatic rings. The van der Waals surface area contributed by atoms with Gasteiger partial charge in [0.25, 0.3) is 0 Å². The van der Waals surface area contributed by atoms with Crippen LogP contribution in [0.2, 0.25) is 5.02 Å². The molecule has 1 heterocycles. The summed E-state index contributed by atoms with van der Waals surface area (Å²) in [6.45, 7) is 2.03. The average molecular weight is 363 g/mol. The molecule has 0 aliphatic carbocycles. The van der Waals surface area contributed by atoms with E-state index in [9.17, 15) is 0 Å². The molecule has 0 aliphatic heterocycles. The van der Waals surface area contributed by atoms with Crippen molar-refractivity contribution in [3.8, 4) is 17.1 Å². The number of ether oxygens (including phenoxy) is 1. The van der Waals surface area contributed by atoms with Crippen LogP contribution in [0.3, 0.4) is 0 Å². The van der Waals surface area contributed by atoms with E-state index in [1.54, 1.807) is 7.11 Å². The number of hydrogen-bond acceptors (Lipinski definition) is 2. The largest absolute Gasteiger partial charge is 0.497 e. The molecule has 0 bridgehead atoms. The van der Waals surface area contributed by atoms with Crippen molar-refractivity contribution in [3.63, 3.8) is 0 Å². The van der Waals surface area contributed by atoms with Crippen LogP contribution in [0, 0.1) is 3.57 Å². The van der Waals surface area contributed by atoms with Gasteiger partial charge in [0.1, 0.15) is 17.3 Å². The molecule has 0 saturated heterocycles. The Kier molecular flexibility index (Phi) is 3.99. The Morgan fingerprint density at radius 3 is 2.41 bits per heavy atom. The van der Waals surface area contributed by atoms with E-state index in [1.165, 1.54) is 0 Å². The lowest BCUT2D eigenvalue weighted by atomic mass is 10.2. The lowest BCUT2D eigenvalue weighted by molar-refractivity contribution is 0.415. The van der Waals surface area contributed by atoms with Crippen molar-refractivity contribution in [3.05, 3.63) is 38.6 Å². The molecule has 0 atom stereocenters. The van der Waals surface area contributed by atoms with E-state index in [2.05, 4.69) is 22.6 Å². The Balaban J connectivity index is 2.45. The molecule has 1 aromatic heterocycles. The molecule has 0 N–H and O–H groups in total. The van der Waals surface area contributed by atoms with Crippen LogP contribution in [0.4, 0.5) is 0 Å². The second kappa shape index (κ2) is 5.31. The Hall–Kier alpha value is -0.680. The molecule has 2 rings (SSSR count). The predicted octanol–water partition coefficient (Wildman–Crippen LogP) is 4.78. The van der Waals surface area contributed by atoms with Gasteiger partial charge in [-0.15, -0.1) is 0 Å². The van der Waals surface area contributed by atoms with Gasteiger partial charge in [0.2, 0.25) is 0 Å². The monoisotopic (exact) mass is 362 g/mol. The van der Waals surface area contributed by atoms with E-state index in [0.29, 0.717) is 0 Å². The normalized spacial score (nSPS) is 10.6. The van der Waals surface area contributed by atoms with Gasteiger partial charge in [-0.25, -0.2) is 0 Å². The topological polar surface area (TPSA) is 22.4 Å². The third kappa shape index (κ3) is 2.45. The van der Waals surface area contributed by atoms with Crippen LogP contribution in [-0.2, 0) is 6.42 Å². The van der Waals surface area contributed by atoms with Crippen LogP contribution in [-0.4, -0.2) is 7.11 Å². The Labute approximate surface area is 119 Å². The van der Waals surface area contributed by atoms with Gasteiger partial charge in [-0.1, -0.05) is 18.5 Å². The summed E-state index contributed by atoms with van der Waals surface area (Å²) in [5.74, 6) is 2.49. The van der Waals surface area contributed by atoms with Crippen LogP contribution in [0.15, 0.2) is 28.7 Å². The summed E-state index contributed by atoms with van der Waals surface area (Å²) in [6.07, 6.45) is 0.797. The van der Waals surface area contributed by atoms with Crippen molar-refractivity contribution in [2.75, 3.05) is 7.11 Å². The summed E-state index contributed by atoms with van der Waals surface area (Å²) in [5, 5.41) is 0.721. The zero-order chi connectivity index (χ0) is 12.4. The fraction of sp³-hybridized carbons (Fsp3) is 0.231. The quantitative estimate of drug-likeness (QED) is 0.734. The minimum atomic E-state index is 0.721. The van der Waals surface area contributed by atoms with E-state index >= 15 is 0 Å². The highest BCUT2D eigenvalue weighted by Gasteiger charge is 2.16. The maximum atomic E-state index is 6.20. The summed E-state index contributed by atoms with van der Waals surface area (Å²) in [7, 11) is 1.65. The van der Waals surface area contributed by atoms with Gasteiger partial charge in [-0.2, -0.15) is 0 Å². The fourth-order valence-corrected chi connectivity index (χ4v) is 2.57. The number of rotatable bonds is 3. The summed E-state index contributed by atoms with van der Waals surface area (Å²) >= 11 is 8.41. The lowest BCUT2D eigenvalue weighted by Crippen LogP contribution is -1.82. The molecule has 0 saturated carbocycles. The van der Waals surface area contributed by atoms with Crippen LogP contribution in [0.1, 0.15) is 12.7 Å². The number of methoxy groups -OCH3 is 1. The van der Waals surface area contributed by atoms with Crippen LogP contribution in [0.25, 0.3) is 11.3 Å². The molecular weight excluding hydrogens is 350 g/mol. The molecule has 0 unspecified atom stereocenters. The third-order valence-corrected chi connectivity index (χ3v) is 4.28. The number of halogens is 2. The van der Waals surface area contributed by atoms with Gasteiger partial charge in [0, 0.05) is 12.0 Å². The maximum Gasteiger partial charge on any atom is 0.149 e. The van der Waals surface area contributed by atoms with Crippen molar-refractivity contribution in [2.45, 2.75) is 13.3 Å². The van der Waals surface area contributed by atoms with Gasteiger partial charge in [-0.05, 0) is 46.9 Å². The van der Waals surface area contributed by atoms with E-state index in [0.717, 1.165) is 37.8 Å². The zero-order valence-corrected chi connectivity index (χ0v) is 12.5. The molecule has 4 heteroatoms. The van der Waals surface area contributed by atoms with Crippen molar-refractivity contribution in [1.82, 2.24) is 0 Å². The second-order valence-electron chi connectivity index (χ2n) is 3.56. The molecule has 0 amide bonds. The zero-order valence-electron chi connectivity index (χ0n) is 9.59. The molecule has 17 heavy (non-hydrogen) atoms. The number of benzene rings is 1. The smallest absolute Gasteiger partial charge is 0.149 e. The van der Waals surface area contributed by atoms with Crippen LogP contribution < -0.4 is 4.74 Å². The molecule has 0 aliphatic rings. The highest BCUT2D eigenvalue weighted by Crippen LogP contribution is 2.36. The average Bonchev–Trinajstić information content (AvgIpc) is 2.66. The first-order chi connectivity index (χ1) is 8.17. The molecule has 0 radical (unpaired) electrons. The standard InChI is InChI=1S/C13H12ClIO2/c1-3-10-11(14)12(15)13(17-10)8-4-6-9(16-2)7-5-8/h4-7H,3H2,1-2H3. The van der Waals surface area contributed by atoms with Gasteiger partial charge < -0.3 is 9.15 Å². The van der Waals surface area contributed by atoms with Gasteiger partial charge in [0.15, 0.2) is 0 Å². The van der Waals surface area contributed by atoms with Gasteiger partial charge in [0.05, 0.1) is 15.7 Å². The van der Waals surface area contributed by atoms with Crippen molar-refractivity contribution >= 4 is 34.2 Å². The Bertz CT molecular complexity index is 517.